The van der Waals surface area contributed by atoms with Crippen LogP contribution in [0, 0.1) is 6.92 Å². The average molecular weight is 463 g/mol. The van der Waals surface area contributed by atoms with Crippen molar-refractivity contribution in [1.82, 2.24) is 20.0 Å². The molecule has 2 saturated heterocycles. The summed E-state index contributed by atoms with van der Waals surface area (Å²) in [5.74, 6) is 1.55. The summed E-state index contributed by atoms with van der Waals surface area (Å²) in [6.45, 7) is 4.93. The molecule has 1 N–H and O–H groups in total. The van der Waals surface area contributed by atoms with Crippen LogP contribution in [0.2, 0.25) is 5.02 Å². The number of rotatable bonds is 6. The zero-order valence-corrected chi connectivity index (χ0v) is 19.5. The van der Waals surface area contributed by atoms with Crippen molar-refractivity contribution in [2.75, 3.05) is 26.8 Å². The molecule has 2 aliphatic heterocycles. The number of carbonyl (C=O) groups is 1. The summed E-state index contributed by atoms with van der Waals surface area (Å²) in [4.78, 5) is 17.3. The largest absolute Gasteiger partial charge is 0.496 e. The lowest BCUT2D eigenvalue weighted by atomic mass is 10.1. The minimum absolute atomic E-state index is 0.0793. The molecule has 32 heavy (non-hydrogen) atoms. The van der Waals surface area contributed by atoms with Crippen molar-refractivity contribution in [3.8, 4) is 23.0 Å². The van der Waals surface area contributed by atoms with Crippen molar-refractivity contribution < 1.29 is 19.0 Å². The summed E-state index contributed by atoms with van der Waals surface area (Å²) in [7, 11) is 1.61. The summed E-state index contributed by atoms with van der Waals surface area (Å²) in [5, 5.41) is 2.47. The molecule has 0 radical (unpaired) electrons. The van der Waals surface area contributed by atoms with Crippen molar-refractivity contribution in [3.05, 3.63) is 28.9 Å². The van der Waals surface area contributed by atoms with Gasteiger partial charge in [0.25, 0.3) is 0 Å². The number of amides is 1. The monoisotopic (exact) mass is 462 g/mol. The molecule has 4 rings (SSSR count). The molecule has 0 saturated carbocycles. The number of hydrogen-bond donors (Lipinski definition) is 1. The highest BCUT2D eigenvalue weighted by atomic mass is 35.5. The maximum absolute atomic E-state index is 12.6. The van der Waals surface area contributed by atoms with Gasteiger partial charge in [-0.15, -0.1) is 0 Å². The molecule has 1 atom stereocenters. The predicted octanol–water partition coefficient (Wildman–Crippen LogP) is 4.58. The number of imidazole rings is 1. The summed E-state index contributed by atoms with van der Waals surface area (Å²) >= 11 is 6.29. The van der Waals surface area contributed by atoms with Gasteiger partial charge < -0.3 is 18.8 Å². The van der Waals surface area contributed by atoms with E-state index in [0.717, 1.165) is 63.1 Å². The van der Waals surface area contributed by atoms with Crippen LogP contribution in [0.1, 0.15) is 44.2 Å². The number of nitrogens with one attached hydrogen (secondary N) is 1. The van der Waals surface area contributed by atoms with Gasteiger partial charge in [-0.2, -0.15) is 4.98 Å². The first-order valence-electron chi connectivity index (χ1n) is 11.3. The van der Waals surface area contributed by atoms with E-state index in [-0.39, 0.29) is 12.0 Å². The Labute approximate surface area is 193 Å². The molecule has 9 heteroatoms. The van der Waals surface area contributed by atoms with Crippen molar-refractivity contribution in [1.29, 1.82) is 0 Å². The molecule has 1 amide bonds. The number of hydrogen-bond acceptors (Lipinski definition) is 6. The molecular weight excluding hydrogens is 432 g/mol. The number of halogens is 1. The molecule has 1 aromatic carbocycles. The van der Waals surface area contributed by atoms with Crippen molar-refractivity contribution in [3.63, 3.8) is 0 Å². The van der Waals surface area contributed by atoms with Gasteiger partial charge in [-0.05, 0) is 57.2 Å². The Bertz CT molecular complexity index is 936. The van der Waals surface area contributed by atoms with E-state index in [2.05, 4.69) is 5.43 Å². The number of methoxy groups -OCH3 is 1. The van der Waals surface area contributed by atoms with Gasteiger partial charge >= 0.3 is 6.09 Å². The Morgan fingerprint density at radius 1 is 1.25 bits per heavy atom. The highest BCUT2D eigenvalue weighted by Gasteiger charge is 2.25. The number of aromatic nitrogens is 2. The van der Waals surface area contributed by atoms with Gasteiger partial charge in [0.2, 0.25) is 5.88 Å². The third kappa shape index (κ3) is 5.36. The first-order valence-corrected chi connectivity index (χ1v) is 11.7. The Morgan fingerprint density at radius 3 is 2.78 bits per heavy atom. The SMILES string of the molecule is COc1ccc(Cl)cc1-c1nc(OC(=O)NN2CCCCC2)c(C)n1CC1CCCCO1. The van der Waals surface area contributed by atoms with Crippen LogP contribution in [0.5, 0.6) is 11.6 Å². The van der Waals surface area contributed by atoms with Crippen molar-refractivity contribution in [2.24, 2.45) is 0 Å². The average Bonchev–Trinajstić information content (AvgIpc) is 3.10. The topological polar surface area (TPSA) is 77.9 Å². The van der Waals surface area contributed by atoms with Crippen LogP contribution in [0.25, 0.3) is 11.4 Å². The van der Waals surface area contributed by atoms with Crippen LogP contribution >= 0.6 is 11.6 Å². The summed E-state index contributed by atoms with van der Waals surface area (Å²) in [6, 6.07) is 5.41. The maximum atomic E-state index is 12.6. The lowest BCUT2D eigenvalue weighted by Gasteiger charge is -2.26. The van der Waals surface area contributed by atoms with Gasteiger partial charge in [0.05, 0.1) is 31.0 Å². The Kier molecular flexibility index (Phi) is 7.55. The number of benzene rings is 1. The first-order chi connectivity index (χ1) is 15.5. The highest BCUT2D eigenvalue weighted by molar-refractivity contribution is 6.30. The highest BCUT2D eigenvalue weighted by Crippen LogP contribution is 2.35. The van der Waals surface area contributed by atoms with Crippen LogP contribution < -0.4 is 14.9 Å². The molecule has 174 valence electrons. The fourth-order valence-electron chi connectivity index (χ4n) is 4.29. The standard InChI is InChI=1S/C23H31ClN4O4/c1-16-22(32-23(29)26-27-11-5-3-6-12-27)25-21(19-14-17(24)9-10-20(19)30-2)28(16)15-18-8-4-7-13-31-18/h9-10,14,18H,3-8,11-13,15H2,1-2H3,(H,26,29). The summed E-state index contributed by atoms with van der Waals surface area (Å²) in [6.07, 6.45) is 6.06. The zero-order chi connectivity index (χ0) is 22.5. The lowest BCUT2D eigenvalue weighted by molar-refractivity contribution is 0.00592. The quantitative estimate of drug-likeness (QED) is 0.677. The molecular formula is C23H31ClN4O4. The normalized spacial score (nSPS) is 19.5. The third-order valence-electron chi connectivity index (χ3n) is 6.03. The molecule has 0 bridgehead atoms. The van der Waals surface area contributed by atoms with E-state index in [1.165, 1.54) is 6.42 Å². The van der Waals surface area contributed by atoms with Gasteiger partial charge in [0.1, 0.15) is 11.6 Å². The minimum Gasteiger partial charge on any atom is -0.496 e. The summed E-state index contributed by atoms with van der Waals surface area (Å²) in [5.41, 5.74) is 4.32. The van der Waals surface area contributed by atoms with E-state index in [1.807, 2.05) is 28.6 Å². The van der Waals surface area contributed by atoms with E-state index in [9.17, 15) is 4.79 Å². The molecule has 2 fully saturated rings. The van der Waals surface area contributed by atoms with Crippen LogP contribution in [-0.2, 0) is 11.3 Å². The fraction of sp³-hybridized carbons (Fsp3) is 0.565. The third-order valence-corrected chi connectivity index (χ3v) is 6.27. The van der Waals surface area contributed by atoms with Crippen LogP contribution in [0.4, 0.5) is 4.79 Å². The van der Waals surface area contributed by atoms with Crippen LogP contribution in [0.15, 0.2) is 18.2 Å². The van der Waals surface area contributed by atoms with Crippen LogP contribution in [-0.4, -0.2) is 53.6 Å². The molecule has 0 spiro atoms. The van der Waals surface area contributed by atoms with Crippen molar-refractivity contribution >= 4 is 17.7 Å². The zero-order valence-electron chi connectivity index (χ0n) is 18.7. The number of carbonyl (C=O) groups excluding carboxylic acids is 1. The second-order valence-corrected chi connectivity index (χ2v) is 8.76. The molecule has 2 aliphatic rings. The molecule has 1 unspecified atom stereocenters. The van der Waals surface area contributed by atoms with Gasteiger partial charge in [0, 0.05) is 24.7 Å². The van der Waals surface area contributed by atoms with E-state index < -0.39 is 6.09 Å². The molecule has 8 nitrogen and oxygen atoms in total. The van der Waals surface area contributed by atoms with Gasteiger partial charge in [-0.3, -0.25) is 5.43 Å². The molecule has 3 heterocycles. The number of ether oxygens (including phenoxy) is 3. The predicted molar refractivity (Wildman–Crippen MR) is 122 cm³/mol. The lowest BCUT2D eigenvalue weighted by Crippen LogP contribution is -2.46. The van der Waals surface area contributed by atoms with Gasteiger partial charge in [-0.25, -0.2) is 9.80 Å². The molecule has 1 aromatic heterocycles. The van der Waals surface area contributed by atoms with Gasteiger partial charge in [0.15, 0.2) is 0 Å². The number of nitrogens with zero attached hydrogens (tertiary/aromatic N) is 3. The second kappa shape index (κ2) is 10.6. The Balaban J connectivity index is 1.63. The first kappa shape index (κ1) is 22.9. The number of hydrazine groups is 1. The van der Waals surface area contributed by atoms with E-state index in [4.69, 9.17) is 30.8 Å². The molecule has 2 aromatic rings. The second-order valence-electron chi connectivity index (χ2n) is 8.32. The summed E-state index contributed by atoms with van der Waals surface area (Å²) < 4.78 is 19.2. The van der Waals surface area contributed by atoms with Crippen molar-refractivity contribution in [2.45, 2.75) is 58.1 Å². The minimum atomic E-state index is -0.529. The van der Waals surface area contributed by atoms with E-state index in [1.54, 1.807) is 13.2 Å². The Morgan fingerprint density at radius 2 is 2.06 bits per heavy atom. The Hall–Kier alpha value is -2.29. The fourth-order valence-corrected chi connectivity index (χ4v) is 4.46. The van der Waals surface area contributed by atoms with Gasteiger partial charge in [-0.1, -0.05) is 18.0 Å². The van der Waals surface area contributed by atoms with E-state index >= 15 is 0 Å². The van der Waals surface area contributed by atoms with E-state index in [0.29, 0.717) is 23.1 Å². The maximum Gasteiger partial charge on any atom is 0.428 e. The number of piperidine rings is 1. The molecule has 0 aliphatic carbocycles. The smallest absolute Gasteiger partial charge is 0.428 e. The van der Waals surface area contributed by atoms with Crippen LogP contribution in [0.3, 0.4) is 0 Å².